The van der Waals surface area contributed by atoms with Crippen LogP contribution in [0.15, 0.2) is 24.3 Å². The van der Waals surface area contributed by atoms with E-state index in [9.17, 15) is 5.11 Å². The lowest BCUT2D eigenvalue weighted by Crippen LogP contribution is -2.48. The van der Waals surface area contributed by atoms with Gasteiger partial charge in [0, 0.05) is 12.0 Å². The van der Waals surface area contributed by atoms with Crippen molar-refractivity contribution >= 4 is 0 Å². The predicted octanol–water partition coefficient (Wildman–Crippen LogP) is 2.80. The number of nitrogens with zero attached hydrogens (tertiary/aromatic N) is 3. The summed E-state index contributed by atoms with van der Waals surface area (Å²) in [5, 5.41) is 23.0. The second-order valence-corrected chi connectivity index (χ2v) is 7.95. The Morgan fingerprint density at radius 2 is 2.00 bits per heavy atom. The van der Waals surface area contributed by atoms with E-state index in [0.29, 0.717) is 18.5 Å². The van der Waals surface area contributed by atoms with Gasteiger partial charge in [-0.15, -0.1) is 10.2 Å². The molecule has 2 saturated carbocycles. The van der Waals surface area contributed by atoms with Crippen molar-refractivity contribution in [2.45, 2.75) is 69.0 Å². The molecule has 0 amide bonds. The molecule has 2 N–H and O–H groups in total. The summed E-state index contributed by atoms with van der Waals surface area (Å²) in [6, 6.07) is 9.13. The van der Waals surface area contributed by atoms with E-state index in [1.807, 2.05) is 0 Å². The van der Waals surface area contributed by atoms with E-state index < -0.39 is 0 Å². The highest BCUT2D eigenvalue weighted by molar-refractivity contribution is 5.36. The van der Waals surface area contributed by atoms with Crippen LogP contribution in [0.5, 0.6) is 0 Å². The maximum Gasteiger partial charge on any atom is 0.147 e. The first-order valence-electron chi connectivity index (χ1n) is 9.69. The number of nitrogens with one attached hydrogen (secondary N) is 1. The molecule has 2 fully saturated rings. The summed E-state index contributed by atoms with van der Waals surface area (Å²) >= 11 is 0. The van der Waals surface area contributed by atoms with Crippen LogP contribution in [0.2, 0.25) is 0 Å². The molecule has 0 bridgehead atoms. The normalized spacial score (nSPS) is 25.8. The standard InChI is InChI=1S/C20H26N4O/c25-13-20(11-3-5-14-4-1-2-6-17(14)20)21-12-18-22-23-19(15-7-8-15)24(18)16-9-10-16/h1-2,4,6,15-16,21,25H,3,5,7-13H2. The fourth-order valence-corrected chi connectivity index (χ4v) is 4.38. The number of aromatic nitrogens is 3. The Kier molecular flexibility index (Phi) is 3.68. The van der Waals surface area contributed by atoms with Crippen LogP contribution in [-0.2, 0) is 18.5 Å². The monoisotopic (exact) mass is 338 g/mol. The van der Waals surface area contributed by atoms with Gasteiger partial charge in [0.2, 0.25) is 0 Å². The summed E-state index contributed by atoms with van der Waals surface area (Å²) < 4.78 is 2.39. The van der Waals surface area contributed by atoms with E-state index >= 15 is 0 Å². The van der Waals surface area contributed by atoms with Crippen molar-refractivity contribution in [1.82, 2.24) is 20.1 Å². The Morgan fingerprint density at radius 3 is 2.76 bits per heavy atom. The summed E-state index contributed by atoms with van der Waals surface area (Å²) in [6.45, 7) is 0.794. The lowest BCUT2D eigenvalue weighted by Gasteiger charge is -2.38. The number of benzene rings is 1. The van der Waals surface area contributed by atoms with Crippen LogP contribution in [0.4, 0.5) is 0 Å². The number of aliphatic hydroxyl groups is 1. The third-order valence-electron chi connectivity index (χ3n) is 6.08. The first-order valence-corrected chi connectivity index (χ1v) is 9.69. The van der Waals surface area contributed by atoms with Gasteiger partial charge in [-0.3, -0.25) is 5.32 Å². The van der Waals surface area contributed by atoms with Gasteiger partial charge >= 0.3 is 0 Å². The molecule has 5 nitrogen and oxygen atoms in total. The van der Waals surface area contributed by atoms with Crippen LogP contribution in [0.25, 0.3) is 0 Å². The number of fused-ring (bicyclic) bond motifs is 1. The smallest absolute Gasteiger partial charge is 0.147 e. The highest BCUT2D eigenvalue weighted by atomic mass is 16.3. The van der Waals surface area contributed by atoms with Gasteiger partial charge in [0.1, 0.15) is 11.6 Å². The number of hydrogen-bond acceptors (Lipinski definition) is 4. The minimum absolute atomic E-state index is 0.122. The number of rotatable bonds is 6. The molecule has 132 valence electrons. The summed E-state index contributed by atoms with van der Waals surface area (Å²) in [5.41, 5.74) is 2.26. The largest absolute Gasteiger partial charge is 0.394 e. The second-order valence-electron chi connectivity index (χ2n) is 7.95. The van der Waals surface area contributed by atoms with Gasteiger partial charge in [0.15, 0.2) is 0 Å². The lowest BCUT2D eigenvalue weighted by molar-refractivity contribution is 0.138. The fraction of sp³-hybridized carbons (Fsp3) is 0.600. The quantitative estimate of drug-likeness (QED) is 0.850. The molecule has 0 saturated heterocycles. The topological polar surface area (TPSA) is 63.0 Å². The Bertz CT molecular complexity index is 778. The van der Waals surface area contributed by atoms with Crippen molar-refractivity contribution in [3.05, 3.63) is 47.0 Å². The number of aryl methyl sites for hydroxylation is 1. The molecule has 1 aromatic carbocycles. The van der Waals surface area contributed by atoms with Gasteiger partial charge in [-0.25, -0.2) is 0 Å². The molecule has 25 heavy (non-hydrogen) atoms. The summed E-state index contributed by atoms with van der Waals surface area (Å²) in [4.78, 5) is 0. The third kappa shape index (κ3) is 2.70. The molecule has 0 radical (unpaired) electrons. The van der Waals surface area contributed by atoms with E-state index in [1.54, 1.807) is 0 Å². The Balaban J connectivity index is 1.42. The molecule has 1 unspecified atom stereocenters. The van der Waals surface area contributed by atoms with Gasteiger partial charge in [-0.05, 0) is 56.1 Å². The molecule has 0 aliphatic heterocycles. The second kappa shape index (κ2) is 5.92. The van der Waals surface area contributed by atoms with Gasteiger partial charge in [-0.2, -0.15) is 0 Å². The van der Waals surface area contributed by atoms with E-state index in [0.717, 1.165) is 25.1 Å². The molecule has 1 atom stereocenters. The summed E-state index contributed by atoms with van der Waals surface area (Å²) in [6.07, 6.45) is 8.18. The van der Waals surface area contributed by atoms with E-state index in [-0.39, 0.29) is 12.1 Å². The van der Waals surface area contributed by atoms with Gasteiger partial charge in [0.05, 0.1) is 18.7 Å². The van der Waals surface area contributed by atoms with Gasteiger partial charge in [0.25, 0.3) is 0 Å². The third-order valence-corrected chi connectivity index (χ3v) is 6.08. The first kappa shape index (κ1) is 15.5. The highest BCUT2D eigenvalue weighted by Crippen LogP contribution is 2.45. The molecule has 2 aromatic rings. The van der Waals surface area contributed by atoms with Crippen LogP contribution in [0.1, 0.15) is 73.3 Å². The minimum Gasteiger partial charge on any atom is -0.394 e. The van der Waals surface area contributed by atoms with Crippen molar-refractivity contribution in [1.29, 1.82) is 0 Å². The molecule has 5 heteroatoms. The van der Waals surface area contributed by atoms with Crippen molar-refractivity contribution in [2.75, 3.05) is 6.61 Å². The maximum absolute atomic E-state index is 10.3. The van der Waals surface area contributed by atoms with Crippen LogP contribution in [-0.4, -0.2) is 26.5 Å². The minimum atomic E-state index is -0.352. The van der Waals surface area contributed by atoms with E-state index in [1.165, 1.54) is 42.6 Å². The fourth-order valence-electron chi connectivity index (χ4n) is 4.38. The lowest BCUT2D eigenvalue weighted by atomic mass is 9.77. The number of hydrogen-bond donors (Lipinski definition) is 2. The van der Waals surface area contributed by atoms with E-state index in [4.69, 9.17) is 0 Å². The Hall–Kier alpha value is -1.72. The number of aliphatic hydroxyl groups excluding tert-OH is 1. The maximum atomic E-state index is 10.3. The Labute approximate surface area is 148 Å². The Morgan fingerprint density at radius 1 is 1.16 bits per heavy atom. The molecule has 1 heterocycles. The van der Waals surface area contributed by atoms with Crippen molar-refractivity contribution in [3.63, 3.8) is 0 Å². The van der Waals surface area contributed by atoms with Crippen molar-refractivity contribution in [2.24, 2.45) is 0 Å². The van der Waals surface area contributed by atoms with Crippen molar-refractivity contribution < 1.29 is 5.11 Å². The molecule has 0 spiro atoms. The average molecular weight is 338 g/mol. The zero-order valence-electron chi connectivity index (χ0n) is 14.6. The van der Waals surface area contributed by atoms with Crippen LogP contribution < -0.4 is 5.32 Å². The molecular weight excluding hydrogens is 312 g/mol. The van der Waals surface area contributed by atoms with Crippen molar-refractivity contribution in [3.8, 4) is 0 Å². The zero-order valence-corrected chi connectivity index (χ0v) is 14.6. The zero-order chi connectivity index (χ0) is 16.9. The summed E-state index contributed by atoms with van der Waals surface area (Å²) in [5.74, 6) is 2.87. The predicted molar refractivity (Wildman–Crippen MR) is 95.3 cm³/mol. The molecular formula is C20H26N4O. The average Bonchev–Trinajstić information content (AvgIpc) is 3.58. The summed E-state index contributed by atoms with van der Waals surface area (Å²) in [7, 11) is 0. The van der Waals surface area contributed by atoms with Crippen LogP contribution in [0, 0.1) is 0 Å². The molecule has 1 aromatic heterocycles. The molecule has 5 rings (SSSR count). The highest BCUT2D eigenvalue weighted by Gasteiger charge is 2.38. The van der Waals surface area contributed by atoms with E-state index in [2.05, 4.69) is 44.3 Å². The van der Waals surface area contributed by atoms with Gasteiger partial charge in [-0.1, -0.05) is 24.3 Å². The van der Waals surface area contributed by atoms with Crippen LogP contribution >= 0.6 is 0 Å². The van der Waals surface area contributed by atoms with Gasteiger partial charge < -0.3 is 9.67 Å². The SMILES string of the molecule is OCC1(NCc2nnc(C3CC3)n2C2CC2)CCCc2ccccc21. The molecule has 3 aliphatic rings. The first-order chi connectivity index (χ1) is 12.3. The van der Waals surface area contributed by atoms with Crippen LogP contribution in [0.3, 0.4) is 0 Å². The molecule has 3 aliphatic carbocycles.